The van der Waals surface area contributed by atoms with Gasteiger partial charge in [0, 0.05) is 36.0 Å². The summed E-state index contributed by atoms with van der Waals surface area (Å²) in [5, 5.41) is 3.61. The summed E-state index contributed by atoms with van der Waals surface area (Å²) in [6.45, 7) is 3.30. The number of anilines is 1. The molecular formula is C25H28N2O3S. The molecule has 3 heterocycles. The predicted molar refractivity (Wildman–Crippen MR) is 126 cm³/mol. The van der Waals surface area contributed by atoms with Crippen molar-refractivity contribution in [1.29, 1.82) is 0 Å². The highest BCUT2D eigenvalue weighted by atomic mass is 32.2. The number of hydrogen-bond donors (Lipinski definition) is 1. The summed E-state index contributed by atoms with van der Waals surface area (Å²) in [4.78, 5) is 15.8. The maximum atomic E-state index is 11.7. The molecule has 1 N–H and O–H groups in total. The molecule has 0 amide bonds. The largest absolute Gasteiger partial charge is 0.497 e. The Morgan fingerprint density at radius 2 is 2.16 bits per heavy atom. The predicted octanol–water partition coefficient (Wildman–Crippen LogP) is 4.31. The fourth-order valence-corrected chi connectivity index (χ4v) is 6.25. The van der Waals surface area contributed by atoms with Crippen molar-refractivity contribution < 1.29 is 14.3 Å². The Labute approximate surface area is 187 Å². The van der Waals surface area contributed by atoms with Crippen molar-refractivity contribution in [2.24, 2.45) is 0 Å². The van der Waals surface area contributed by atoms with E-state index in [4.69, 9.17) is 9.47 Å². The molecular weight excluding hydrogens is 408 g/mol. The fraction of sp³-hybridized carbons (Fsp3) is 0.400. The van der Waals surface area contributed by atoms with Gasteiger partial charge >= 0.3 is 5.97 Å². The molecule has 0 saturated carbocycles. The smallest absolute Gasteiger partial charge is 0.330 e. The van der Waals surface area contributed by atoms with Crippen LogP contribution in [0.4, 0.5) is 5.69 Å². The Hall–Kier alpha value is -2.44. The number of carbonyl (C=O) groups excluding carboxylic acids is 1. The zero-order chi connectivity index (χ0) is 21.4. The minimum Gasteiger partial charge on any atom is -0.497 e. The summed E-state index contributed by atoms with van der Waals surface area (Å²) in [6, 6.07) is 11.4. The van der Waals surface area contributed by atoms with Crippen LogP contribution >= 0.6 is 11.8 Å². The lowest BCUT2D eigenvalue weighted by atomic mass is 9.88. The third-order valence-electron chi connectivity index (χ3n) is 6.61. The average Bonchev–Trinajstić information content (AvgIpc) is 2.97. The van der Waals surface area contributed by atoms with Gasteiger partial charge in [0.1, 0.15) is 5.75 Å². The Morgan fingerprint density at radius 1 is 1.26 bits per heavy atom. The SMILES string of the molecule is COC(=O)C=Cc1cc(OC)ccc1-c1cc2c3c(c1)[C@@H]1CNCC[C@@H]1N3CCCS2. The quantitative estimate of drug-likeness (QED) is 0.569. The maximum Gasteiger partial charge on any atom is 0.330 e. The Morgan fingerprint density at radius 3 is 3.00 bits per heavy atom. The van der Waals surface area contributed by atoms with Crippen LogP contribution in [0, 0.1) is 0 Å². The van der Waals surface area contributed by atoms with Crippen LogP contribution in [-0.4, -0.2) is 51.6 Å². The number of fused-ring (bicyclic) bond motifs is 3. The molecule has 0 aliphatic carbocycles. The fourth-order valence-electron chi connectivity index (χ4n) is 5.17. The standard InChI is InChI=1S/C25H28N2O3S/c1-29-18-5-6-19(16(12-18)4-7-24(28)30-2)17-13-20-21-15-26-9-8-22(21)27-10-3-11-31-23(14-17)25(20)27/h4-7,12-14,21-22,26H,3,8-11,15H2,1-2H3/t21-,22-/m0/s1. The molecule has 3 aliphatic heterocycles. The van der Waals surface area contributed by atoms with Gasteiger partial charge in [-0.3, -0.25) is 0 Å². The number of piperidine rings is 1. The number of ether oxygens (including phenoxy) is 2. The van der Waals surface area contributed by atoms with Crippen LogP contribution in [0.2, 0.25) is 0 Å². The minimum absolute atomic E-state index is 0.364. The van der Waals surface area contributed by atoms with Gasteiger partial charge in [0.2, 0.25) is 0 Å². The van der Waals surface area contributed by atoms with Gasteiger partial charge < -0.3 is 19.7 Å². The molecule has 0 unspecified atom stereocenters. The molecule has 0 spiro atoms. The van der Waals surface area contributed by atoms with E-state index in [0.717, 1.165) is 42.3 Å². The van der Waals surface area contributed by atoms with E-state index in [2.05, 4.69) is 28.4 Å². The maximum absolute atomic E-state index is 11.7. The molecule has 2 aromatic rings. The summed E-state index contributed by atoms with van der Waals surface area (Å²) >= 11 is 1.98. The molecule has 0 bridgehead atoms. The molecule has 162 valence electrons. The van der Waals surface area contributed by atoms with Crippen LogP contribution in [0.1, 0.15) is 29.9 Å². The third-order valence-corrected chi connectivity index (χ3v) is 7.72. The number of benzene rings is 2. The summed E-state index contributed by atoms with van der Waals surface area (Å²) < 4.78 is 10.2. The molecule has 5 nitrogen and oxygen atoms in total. The number of thioether (sulfide) groups is 1. The monoisotopic (exact) mass is 436 g/mol. The number of hydrogen-bond acceptors (Lipinski definition) is 6. The number of esters is 1. The van der Waals surface area contributed by atoms with Gasteiger partial charge in [-0.2, -0.15) is 0 Å². The van der Waals surface area contributed by atoms with E-state index in [1.807, 2.05) is 30.0 Å². The molecule has 0 aromatic heterocycles. The van der Waals surface area contributed by atoms with Crippen LogP contribution in [-0.2, 0) is 9.53 Å². The van der Waals surface area contributed by atoms with Gasteiger partial charge in [-0.05, 0) is 77.7 Å². The van der Waals surface area contributed by atoms with Crippen molar-refractivity contribution in [3.8, 4) is 16.9 Å². The van der Waals surface area contributed by atoms with Crippen LogP contribution in [0.5, 0.6) is 5.75 Å². The second-order valence-electron chi connectivity index (χ2n) is 8.28. The number of carbonyl (C=O) groups is 1. The number of rotatable bonds is 4. The van der Waals surface area contributed by atoms with E-state index in [0.29, 0.717) is 12.0 Å². The summed E-state index contributed by atoms with van der Waals surface area (Å²) in [5.41, 5.74) is 6.18. The van der Waals surface area contributed by atoms with Crippen molar-refractivity contribution in [1.82, 2.24) is 5.32 Å². The molecule has 5 rings (SSSR count). The first kappa shape index (κ1) is 20.5. The van der Waals surface area contributed by atoms with Crippen molar-refractivity contribution in [2.45, 2.75) is 29.7 Å². The van der Waals surface area contributed by atoms with E-state index >= 15 is 0 Å². The van der Waals surface area contributed by atoms with E-state index in [-0.39, 0.29) is 5.97 Å². The molecule has 2 atom stereocenters. The van der Waals surface area contributed by atoms with Crippen molar-refractivity contribution in [3.05, 3.63) is 47.5 Å². The van der Waals surface area contributed by atoms with E-state index < -0.39 is 0 Å². The lowest BCUT2D eigenvalue weighted by molar-refractivity contribution is -0.134. The number of nitrogens with zero attached hydrogens (tertiary/aromatic N) is 1. The van der Waals surface area contributed by atoms with Crippen LogP contribution in [0.3, 0.4) is 0 Å². The van der Waals surface area contributed by atoms with Gasteiger partial charge in [0.05, 0.1) is 19.9 Å². The number of nitrogens with one attached hydrogen (secondary N) is 1. The van der Waals surface area contributed by atoms with Gasteiger partial charge in [-0.25, -0.2) is 4.79 Å². The Bertz CT molecular complexity index is 1040. The first-order valence-electron chi connectivity index (χ1n) is 10.9. The normalized spacial score (nSPS) is 22.1. The van der Waals surface area contributed by atoms with Gasteiger partial charge in [-0.15, -0.1) is 11.8 Å². The molecule has 3 aliphatic rings. The second-order valence-corrected chi connectivity index (χ2v) is 9.42. The van der Waals surface area contributed by atoms with Crippen molar-refractivity contribution in [3.63, 3.8) is 0 Å². The summed E-state index contributed by atoms with van der Waals surface area (Å²) in [6.07, 6.45) is 5.71. The Kier molecular flexibility index (Phi) is 5.67. The summed E-state index contributed by atoms with van der Waals surface area (Å²) in [5.74, 6) is 2.09. The Balaban J connectivity index is 1.64. The van der Waals surface area contributed by atoms with E-state index in [9.17, 15) is 4.79 Å². The molecule has 31 heavy (non-hydrogen) atoms. The van der Waals surface area contributed by atoms with Crippen LogP contribution in [0.25, 0.3) is 17.2 Å². The second kappa shape index (κ2) is 8.60. The van der Waals surface area contributed by atoms with Gasteiger partial charge in [0.15, 0.2) is 0 Å². The highest BCUT2D eigenvalue weighted by Gasteiger charge is 2.41. The van der Waals surface area contributed by atoms with Crippen LogP contribution in [0.15, 0.2) is 41.3 Å². The zero-order valence-corrected chi connectivity index (χ0v) is 18.8. The molecule has 6 heteroatoms. The lowest BCUT2D eigenvalue weighted by Gasteiger charge is -2.33. The highest BCUT2D eigenvalue weighted by Crippen LogP contribution is 2.51. The third kappa shape index (κ3) is 3.72. The van der Waals surface area contributed by atoms with Crippen molar-refractivity contribution in [2.75, 3.05) is 44.5 Å². The first-order valence-corrected chi connectivity index (χ1v) is 11.9. The lowest BCUT2D eigenvalue weighted by Crippen LogP contribution is -2.44. The van der Waals surface area contributed by atoms with Crippen molar-refractivity contribution >= 4 is 29.5 Å². The van der Waals surface area contributed by atoms with Gasteiger partial charge in [0.25, 0.3) is 0 Å². The van der Waals surface area contributed by atoms with E-state index in [1.54, 1.807) is 7.11 Å². The van der Waals surface area contributed by atoms with Gasteiger partial charge in [-0.1, -0.05) is 6.07 Å². The topological polar surface area (TPSA) is 50.8 Å². The molecule has 0 radical (unpaired) electrons. The number of methoxy groups -OCH3 is 2. The van der Waals surface area contributed by atoms with Crippen LogP contribution < -0.4 is 15.0 Å². The minimum atomic E-state index is -0.364. The summed E-state index contributed by atoms with van der Waals surface area (Å²) in [7, 11) is 3.05. The average molecular weight is 437 g/mol. The zero-order valence-electron chi connectivity index (χ0n) is 18.0. The highest BCUT2D eigenvalue weighted by molar-refractivity contribution is 7.99. The molecule has 2 aromatic carbocycles. The molecule has 1 fully saturated rings. The molecule has 1 saturated heterocycles. The van der Waals surface area contributed by atoms with E-state index in [1.165, 1.54) is 47.7 Å². The first-order chi connectivity index (χ1) is 15.2.